The monoisotopic (exact) mass is 387 g/mol. The van der Waals surface area contributed by atoms with Crippen LogP contribution in [0.15, 0.2) is 36.1 Å². The van der Waals surface area contributed by atoms with Crippen molar-refractivity contribution in [2.24, 2.45) is 0 Å². The fourth-order valence-corrected chi connectivity index (χ4v) is 3.13. The van der Waals surface area contributed by atoms with E-state index in [1.807, 2.05) is 0 Å². The molecule has 1 aromatic carbocycles. The summed E-state index contributed by atoms with van der Waals surface area (Å²) in [7, 11) is 1.44. The average Bonchev–Trinajstić information content (AvgIpc) is 3.22. The number of ether oxygens (including phenoxy) is 3. The first-order valence-corrected chi connectivity index (χ1v) is 8.12. The summed E-state index contributed by atoms with van der Waals surface area (Å²) >= 11 is 6.26. The Morgan fingerprint density at radius 1 is 1.40 bits per heavy atom. The minimum absolute atomic E-state index is 0. The van der Waals surface area contributed by atoms with Crippen LogP contribution in [0, 0.1) is 0 Å². The number of cyclic esters (lactones) is 1. The Bertz CT molecular complexity index is 673. The lowest BCUT2D eigenvalue weighted by molar-refractivity contribution is -0.164. The molecule has 25 heavy (non-hydrogen) atoms. The number of methoxy groups -OCH3 is 1. The minimum atomic E-state index is -0.869. The quantitative estimate of drug-likeness (QED) is 0.782. The van der Waals surface area contributed by atoms with Crippen molar-refractivity contribution in [1.29, 1.82) is 0 Å². The second-order valence-electron chi connectivity index (χ2n) is 5.64. The molecule has 6 nitrogen and oxygen atoms in total. The normalized spacial score (nSPS) is 23.3. The molecule has 0 aliphatic carbocycles. The van der Waals surface area contributed by atoms with Crippen molar-refractivity contribution >= 4 is 35.9 Å². The highest BCUT2D eigenvalue weighted by molar-refractivity contribution is 6.31. The minimum Gasteiger partial charge on any atom is -0.497 e. The van der Waals surface area contributed by atoms with Gasteiger partial charge in [-0.15, -0.1) is 12.4 Å². The Labute approximate surface area is 156 Å². The van der Waals surface area contributed by atoms with Crippen LogP contribution in [0.25, 0.3) is 0 Å². The zero-order valence-electron chi connectivity index (χ0n) is 13.6. The van der Waals surface area contributed by atoms with Crippen molar-refractivity contribution < 1.29 is 23.8 Å². The van der Waals surface area contributed by atoms with Gasteiger partial charge in [0.1, 0.15) is 11.8 Å². The molecule has 3 rings (SSSR count). The van der Waals surface area contributed by atoms with Crippen LogP contribution in [0.5, 0.6) is 0 Å². The molecule has 1 N–H and O–H groups in total. The van der Waals surface area contributed by atoms with E-state index in [4.69, 9.17) is 25.8 Å². The van der Waals surface area contributed by atoms with Crippen molar-refractivity contribution in [3.05, 3.63) is 46.7 Å². The van der Waals surface area contributed by atoms with E-state index >= 15 is 0 Å². The van der Waals surface area contributed by atoms with Crippen LogP contribution >= 0.6 is 24.0 Å². The molecular weight excluding hydrogens is 369 g/mol. The summed E-state index contributed by atoms with van der Waals surface area (Å²) in [6.45, 7) is 0.776. The van der Waals surface area contributed by atoms with Gasteiger partial charge in [-0.3, -0.25) is 4.79 Å². The Balaban J connectivity index is 0.00000225. The molecule has 2 aliphatic rings. The molecule has 0 amide bonds. The first-order chi connectivity index (χ1) is 11.6. The SMILES string of the molecule is COC1=CC(=O)OC1C(OC(=O)[C@@H]1CCCN1)c1ccccc1Cl.Cl. The van der Waals surface area contributed by atoms with Crippen LogP contribution in [-0.4, -0.2) is 37.7 Å². The summed E-state index contributed by atoms with van der Waals surface area (Å²) in [5.41, 5.74) is 0.563. The number of hydrogen-bond donors (Lipinski definition) is 1. The number of hydrogen-bond acceptors (Lipinski definition) is 6. The summed E-state index contributed by atoms with van der Waals surface area (Å²) in [6.07, 6.45) is 1.15. The van der Waals surface area contributed by atoms with Gasteiger partial charge in [-0.2, -0.15) is 0 Å². The molecule has 0 aromatic heterocycles. The van der Waals surface area contributed by atoms with Crippen LogP contribution in [0.2, 0.25) is 5.02 Å². The Kier molecular flexibility index (Phi) is 6.70. The highest BCUT2D eigenvalue weighted by Crippen LogP contribution is 2.36. The third-order valence-corrected chi connectivity index (χ3v) is 4.44. The van der Waals surface area contributed by atoms with Gasteiger partial charge in [-0.1, -0.05) is 29.8 Å². The van der Waals surface area contributed by atoms with E-state index in [1.165, 1.54) is 13.2 Å². The fraction of sp³-hybridized carbons (Fsp3) is 0.412. The zero-order valence-corrected chi connectivity index (χ0v) is 15.1. The van der Waals surface area contributed by atoms with Crippen LogP contribution in [0.3, 0.4) is 0 Å². The molecular formula is C17H19Cl2NO5. The molecule has 0 radical (unpaired) electrons. The number of nitrogens with one attached hydrogen (secondary N) is 1. The number of carbonyl (C=O) groups excluding carboxylic acids is 2. The maximum atomic E-state index is 12.4. The van der Waals surface area contributed by atoms with Gasteiger partial charge in [0.25, 0.3) is 0 Å². The first-order valence-electron chi connectivity index (χ1n) is 7.74. The first kappa shape index (κ1) is 19.6. The van der Waals surface area contributed by atoms with E-state index in [-0.39, 0.29) is 18.4 Å². The Hall–Kier alpha value is -1.76. The number of carbonyl (C=O) groups is 2. The molecule has 0 saturated carbocycles. The van der Waals surface area contributed by atoms with Crippen LogP contribution in [0.4, 0.5) is 0 Å². The highest BCUT2D eigenvalue weighted by Gasteiger charge is 2.40. The van der Waals surface area contributed by atoms with Gasteiger partial charge in [0.05, 0.1) is 13.2 Å². The van der Waals surface area contributed by atoms with Crippen LogP contribution in [0.1, 0.15) is 24.5 Å². The summed E-state index contributed by atoms with van der Waals surface area (Å²) < 4.78 is 16.2. The van der Waals surface area contributed by atoms with Gasteiger partial charge in [-0.05, 0) is 25.5 Å². The van der Waals surface area contributed by atoms with Gasteiger partial charge in [-0.25, -0.2) is 4.79 Å². The fourth-order valence-electron chi connectivity index (χ4n) is 2.89. The standard InChI is InChI=1S/C17H18ClNO5.ClH/c1-22-13-9-14(20)23-16(13)15(10-5-2-3-6-11(10)18)24-17(21)12-7-4-8-19-12;/h2-3,5-6,9,12,15-16,19H,4,7-8H2,1H3;1H/t12-,15?,16?;/m0./s1. The maximum absolute atomic E-state index is 12.4. The molecule has 1 saturated heterocycles. The van der Waals surface area contributed by atoms with E-state index in [0.717, 1.165) is 13.0 Å². The number of halogens is 2. The third kappa shape index (κ3) is 4.26. The highest BCUT2D eigenvalue weighted by atomic mass is 35.5. The lowest BCUT2D eigenvalue weighted by atomic mass is 10.0. The summed E-state index contributed by atoms with van der Waals surface area (Å²) in [5, 5.41) is 3.52. The smallest absolute Gasteiger partial charge is 0.335 e. The van der Waals surface area contributed by atoms with Crippen LogP contribution < -0.4 is 5.32 Å². The number of esters is 2. The molecule has 2 heterocycles. The predicted octanol–water partition coefficient (Wildman–Crippen LogP) is 2.55. The van der Waals surface area contributed by atoms with Gasteiger partial charge >= 0.3 is 11.9 Å². The molecule has 1 fully saturated rings. The van der Waals surface area contributed by atoms with Crippen molar-refractivity contribution in [3.63, 3.8) is 0 Å². The van der Waals surface area contributed by atoms with Crippen molar-refractivity contribution in [3.8, 4) is 0 Å². The van der Waals surface area contributed by atoms with Crippen molar-refractivity contribution in [2.45, 2.75) is 31.1 Å². The molecule has 0 bridgehead atoms. The van der Waals surface area contributed by atoms with Gasteiger partial charge in [0.15, 0.2) is 12.2 Å². The number of rotatable bonds is 5. The van der Waals surface area contributed by atoms with E-state index in [0.29, 0.717) is 22.8 Å². The topological polar surface area (TPSA) is 73.9 Å². The Morgan fingerprint density at radius 2 is 2.16 bits per heavy atom. The molecule has 1 aromatic rings. The third-order valence-electron chi connectivity index (χ3n) is 4.09. The molecule has 8 heteroatoms. The van der Waals surface area contributed by atoms with Gasteiger partial charge in [0, 0.05) is 10.6 Å². The lowest BCUT2D eigenvalue weighted by Crippen LogP contribution is -2.36. The second-order valence-corrected chi connectivity index (χ2v) is 6.04. The zero-order chi connectivity index (χ0) is 17.1. The largest absolute Gasteiger partial charge is 0.497 e. The molecule has 0 spiro atoms. The molecule has 2 unspecified atom stereocenters. The maximum Gasteiger partial charge on any atom is 0.335 e. The van der Waals surface area contributed by atoms with E-state index in [2.05, 4.69) is 5.32 Å². The van der Waals surface area contributed by atoms with Crippen molar-refractivity contribution in [2.75, 3.05) is 13.7 Å². The lowest BCUT2D eigenvalue weighted by Gasteiger charge is -2.26. The van der Waals surface area contributed by atoms with E-state index in [9.17, 15) is 9.59 Å². The summed E-state index contributed by atoms with van der Waals surface area (Å²) in [4.78, 5) is 24.1. The van der Waals surface area contributed by atoms with Gasteiger partial charge < -0.3 is 19.5 Å². The second kappa shape index (κ2) is 8.56. The van der Waals surface area contributed by atoms with Crippen molar-refractivity contribution in [1.82, 2.24) is 5.32 Å². The number of benzene rings is 1. The summed E-state index contributed by atoms with van der Waals surface area (Å²) in [6, 6.07) is 6.63. The van der Waals surface area contributed by atoms with E-state index < -0.39 is 24.1 Å². The Morgan fingerprint density at radius 3 is 2.80 bits per heavy atom. The molecule has 136 valence electrons. The molecule has 3 atom stereocenters. The van der Waals surface area contributed by atoms with Gasteiger partial charge in [0.2, 0.25) is 0 Å². The average molecular weight is 388 g/mol. The van der Waals surface area contributed by atoms with Crippen LogP contribution in [-0.2, 0) is 23.8 Å². The summed E-state index contributed by atoms with van der Waals surface area (Å²) in [5.74, 6) is -0.628. The molecule has 2 aliphatic heterocycles. The van der Waals surface area contributed by atoms with E-state index in [1.54, 1.807) is 24.3 Å². The predicted molar refractivity (Wildman–Crippen MR) is 93.5 cm³/mol.